The highest BCUT2D eigenvalue weighted by Crippen LogP contribution is 2.24. The molecule has 1 fully saturated rings. The van der Waals surface area contributed by atoms with Crippen LogP contribution in [0, 0.1) is 17.1 Å². The van der Waals surface area contributed by atoms with Gasteiger partial charge in [-0.15, -0.1) is 0 Å². The largest absolute Gasteiger partial charge is 0.488 e. The van der Waals surface area contributed by atoms with Crippen molar-refractivity contribution in [3.05, 3.63) is 48.0 Å². The van der Waals surface area contributed by atoms with Crippen molar-refractivity contribution < 1.29 is 18.7 Å². The molecule has 3 amide bonds. The lowest BCUT2D eigenvalue weighted by Crippen LogP contribution is -2.43. The van der Waals surface area contributed by atoms with Gasteiger partial charge in [-0.2, -0.15) is 5.26 Å². The lowest BCUT2D eigenvalue weighted by molar-refractivity contribution is -0.131. The van der Waals surface area contributed by atoms with E-state index in [1.54, 1.807) is 4.90 Å². The Balaban J connectivity index is 1.63. The molecule has 1 unspecified atom stereocenters. The number of piperidine rings is 1. The van der Waals surface area contributed by atoms with Crippen LogP contribution in [-0.4, -0.2) is 41.0 Å². The molecule has 2 heterocycles. The highest BCUT2D eigenvalue weighted by molar-refractivity contribution is 5.99. The molecular weight excluding hydrogens is 377 g/mol. The standard InChI is InChI=1S/C20H20FN5O3/c1-13(27)26-6-2-3-18(12-26)29-19-8-14(21)7-17(9-19)25-20(28)24-16-5-4-15(10-22)23-11-16/h4-5,7-9,11,18H,2-3,6,12H2,1H3,(H2,24,25,28). The number of hydrogen-bond acceptors (Lipinski definition) is 5. The van der Waals surface area contributed by atoms with Crippen molar-refractivity contribution in [2.24, 2.45) is 0 Å². The molecule has 1 atom stereocenters. The summed E-state index contributed by atoms with van der Waals surface area (Å²) in [6.07, 6.45) is 2.68. The molecule has 0 spiro atoms. The zero-order chi connectivity index (χ0) is 20.8. The second-order valence-electron chi connectivity index (χ2n) is 6.65. The van der Waals surface area contributed by atoms with E-state index in [1.165, 1.54) is 43.5 Å². The quantitative estimate of drug-likeness (QED) is 0.824. The molecule has 3 rings (SSSR count). The van der Waals surface area contributed by atoms with Crippen LogP contribution < -0.4 is 15.4 Å². The maximum Gasteiger partial charge on any atom is 0.323 e. The predicted octanol–water partition coefficient (Wildman–Crippen LogP) is 3.13. The van der Waals surface area contributed by atoms with Crippen LogP contribution in [0.25, 0.3) is 0 Å². The SMILES string of the molecule is CC(=O)N1CCCC(Oc2cc(F)cc(NC(=O)Nc3ccc(C#N)nc3)c2)C1. The molecule has 1 aliphatic rings. The maximum absolute atomic E-state index is 14.0. The fourth-order valence-corrected chi connectivity index (χ4v) is 3.04. The lowest BCUT2D eigenvalue weighted by atomic mass is 10.1. The highest BCUT2D eigenvalue weighted by Gasteiger charge is 2.23. The molecule has 2 aromatic rings. The number of hydrogen-bond donors (Lipinski definition) is 2. The minimum atomic E-state index is -0.589. The van der Waals surface area contributed by atoms with E-state index in [9.17, 15) is 14.0 Å². The summed E-state index contributed by atoms with van der Waals surface area (Å²) in [7, 11) is 0. The highest BCUT2D eigenvalue weighted by atomic mass is 19.1. The van der Waals surface area contributed by atoms with Gasteiger partial charge in [0.1, 0.15) is 29.4 Å². The Morgan fingerprint density at radius 2 is 2.07 bits per heavy atom. The normalized spacial score (nSPS) is 15.9. The summed E-state index contributed by atoms with van der Waals surface area (Å²) in [6.45, 7) is 2.64. The van der Waals surface area contributed by atoms with Crippen LogP contribution in [0.4, 0.5) is 20.6 Å². The van der Waals surface area contributed by atoms with Crippen molar-refractivity contribution in [1.82, 2.24) is 9.88 Å². The van der Waals surface area contributed by atoms with Crippen LogP contribution in [0.15, 0.2) is 36.5 Å². The maximum atomic E-state index is 14.0. The molecule has 1 aromatic carbocycles. The zero-order valence-electron chi connectivity index (χ0n) is 15.8. The summed E-state index contributed by atoms with van der Waals surface area (Å²) in [5.74, 6) is -0.304. The van der Waals surface area contributed by atoms with E-state index in [1.807, 2.05) is 6.07 Å². The van der Waals surface area contributed by atoms with Gasteiger partial charge in [0, 0.05) is 31.3 Å². The second kappa shape index (κ2) is 9.01. The topological polar surface area (TPSA) is 107 Å². The molecule has 0 saturated carbocycles. The number of benzene rings is 1. The molecule has 29 heavy (non-hydrogen) atoms. The Morgan fingerprint density at radius 1 is 1.28 bits per heavy atom. The Hall–Kier alpha value is -3.67. The first-order valence-electron chi connectivity index (χ1n) is 9.10. The molecule has 150 valence electrons. The summed E-state index contributed by atoms with van der Waals surface area (Å²) in [5, 5.41) is 13.8. The van der Waals surface area contributed by atoms with Crippen LogP contribution in [0.1, 0.15) is 25.5 Å². The fraction of sp³-hybridized carbons (Fsp3) is 0.300. The lowest BCUT2D eigenvalue weighted by Gasteiger charge is -2.32. The number of halogens is 1. The molecule has 2 N–H and O–H groups in total. The van der Waals surface area contributed by atoms with E-state index in [0.29, 0.717) is 18.8 Å². The number of aromatic nitrogens is 1. The predicted molar refractivity (Wildman–Crippen MR) is 104 cm³/mol. The fourth-order valence-electron chi connectivity index (χ4n) is 3.04. The Labute approximate surface area is 167 Å². The third-order valence-corrected chi connectivity index (χ3v) is 4.39. The first-order valence-corrected chi connectivity index (χ1v) is 9.10. The molecule has 1 aromatic heterocycles. The van der Waals surface area contributed by atoms with E-state index >= 15 is 0 Å². The van der Waals surface area contributed by atoms with Gasteiger partial charge in [-0.05, 0) is 31.0 Å². The van der Waals surface area contributed by atoms with Crippen LogP contribution in [0.3, 0.4) is 0 Å². The summed E-state index contributed by atoms with van der Waals surface area (Å²) < 4.78 is 19.8. The average Bonchev–Trinajstić information content (AvgIpc) is 2.68. The van der Waals surface area contributed by atoms with E-state index in [2.05, 4.69) is 15.6 Å². The molecule has 9 heteroatoms. The number of ether oxygens (including phenoxy) is 1. The van der Waals surface area contributed by atoms with E-state index < -0.39 is 11.8 Å². The minimum absolute atomic E-state index is 0.0196. The molecule has 8 nitrogen and oxygen atoms in total. The Bertz CT molecular complexity index is 942. The number of nitriles is 1. The van der Waals surface area contributed by atoms with Crippen LogP contribution in [-0.2, 0) is 4.79 Å². The van der Waals surface area contributed by atoms with Gasteiger partial charge in [-0.25, -0.2) is 14.2 Å². The molecular formula is C20H20FN5O3. The number of rotatable bonds is 4. The van der Waals surface area contributed by atoms with Crippen molar-refractivity contribution in [3.8, 4) is 11.8 Å². The zero-order valence-corrected chi connectivity index (χ0v) is 15.8. The van der Waals surface area contributed by atoms with Gasteiger partial charge in [0.25, 0.3) is 0 Å². The summed E-state index contributed by atoms with van der Waals surface area (Å²) in [6, 6.07) is 8.23. The first-order chi connectivity index (χ1) is 13.9. The molecule has 1 saturated heterocycles. The van der Waals surface area contributed by atoms with Gasteiger partial charge < -0.3 is 20.3 Å². The molecule has 1 aliphatic heterocycles. The number of anilines is 2. The van der Waals surface area contributed by atoms with Crippen LogP contribution >= 0.6 is 0 Å². The van der Waals surface area contributed by atoms with E-state index in [4.69, 9.17) is 10.00 Å². The van der Waals surface area contributed by atoms with Crippen molar-refractivity contribution in [1.29, 1.82) is 5.26 Å². The van der Waals surface area contributed by atoms with Gasteiger partial charge in [0.2, 0.25) is 5.91 Å². The number of amides is 3. The number of carbonyl (C=O) groups is 2. The monoisotopic (exact) mass is 397 g/mol. The van der Waals surface area contributed by atoms with Crippen molar-refractivity contribution in [2.75, 3.05) is 23.7 Å². The summed E-state index contributed by atoms with van der Waals surface area (Å²) in [4.78, 5) is 29.2. The summed E-state index contributed by atoms with van der Waals surface area (Å²) >= 11 is 0. The second-order valence-corrected chi connectivity index (χ2v) is 6.65. The molecule has 0 bridgehead atoms. The van der Waals surface area contributed by atoms with E-state index in [-0.39, 0.29) is 29.1 Å². The molecule has 0 aliphatic carbocycles. The number of nitrogens with zero attached hydrogens (tertiary/aromatic N) is 3. The van der Waals surface area contributed by atoms with Gasteiger partial charge in [0.05, 0.1) is 18.4 Å². The third kappa shape index (κ3) is 5.65. The van der Waals surface area contributed by atoms with Crippen LogP contribution in [0.5, 0.6) is 5.75 Å². The number of pyridine rings is 1. The Kier molecular flexibility index (Phi) is 6.24. The number of urea groups is 1. The average molecular weight is 397 g/mol. The van der Waals surface area contributed by atoms with E-state index in [0.717, 1.165) is 12.8 Å². The van der Waals surface area contributed by atoms with Gasteiger partial charge in [-0.1, -0.05) is 0 Å². The van der Waals surface area contributed by atoms with Gasteiger partial charge in [0.15, 0.2) is 0 Å². The minimum Gasteiger partial charge on any atom is -0.488 e. The van der Waals surface area contributed by atoms with Crippen molar-refractivity contribution in [3.63, 3.8) is 0 Å². The van der Waals surface area contributed by atoms with Crippen molar-refractivity contribution >= 4 is 23.3 Å². The van der Waals surface area contributed by atoms with Gasteiger partial charge >= 0.3 is 6.03 Å². The van der Waals surface area contributed by atoms with Crippen LogP contribution in [0.2, 0.25) is 0 Å². The van der Waals surface area contributed by atoms with Crippen molar-refractivity contribution in [2.45, 2.75) is 25.9 Å². The smallest absolute Gasteiger partial charge is 0.323 e. The Morgan fingerprint density at radius 3 is 2.76 bits per heavy atom. The number of carbonyl (C=O) groups excluding carboxylic acids is 2. The number of nitrogens with one attached hydrogen (secondary N) is 2. The summed E-state index contributed by atoms with van der Waals surface area (Å²) in [5.41, 5.74) is 0.841. The van der Waals surface area contributed by atoms with Gasteiger partial charge in [-0.3, -0.25) is 4.79 Å². The number of likely N-dealkylation sites (tertiary alicyclic amines) is 1. The third-order valence-electron chi connectivity index (χ3n) is 4.39. The molecule has 0 radical (unpaired) electrons. The first kappa shape index (κ1) is 20.1.